The van der Waals surface area contributed by atoms with Crippen LogP contribution in [-0.2, 0) is 0 Å². The molecule has 8 rings (SSSR count). The van der Waals surface area contributed by atoms with Crippen molar-refractivity contribution in [2.75, 3.05) is 5.32 Å². The molecular weight excluding hydrogens is 781 g/mol. The number of nitrogens with two attached hydrogens (primary N) is 1. The van der Waals surface area contributed by atoms with Crippen LogP contribution in [0.25, 0.3) is 44.6 Å². The van der Waals surface area contributed by atoms with Crippen LogP contribution in [0.1, 0.15) is 158 Å². The van der Waals surface area contributed by atoms with Crippen LogP contribution in [0.5, 0.6) is 0 Å². The van der Waals surface area contributed by atoms with E-state index in [1.165, 1.54) is 39.1 Å². The van der Waals surface area contributed by atoms with Crippen LogP contribution in [0.15, 0.2) is 133 Å². The first-order valence-corrected chi connectivity index (χ1v) is 23.4. The Bertz CT molecular complexity index is 2930. The van der Waals surface area contributed by atoms with Crippen LogP contribution in [0, 0.1) is 0 Å². The van der Waals surface area contributed by atoms with Crippen molar-refractivity contribution in [2.24, 2.45) is 10.7 Å². The molecule has 0 saturated heterocycles. The number of hydrogen-bond acceptors (Lipinski definition) is 3. The summed E-state index contributed by atoms with van der Waals surface area (Å²) in [6.45, 7) is 27.1. The third-order valence-electron chi connectivity index (χ3n) is 12.9. The Morgan fingerprint density at radius 1 is 0.547 bits per heavy atom. The summed E-state index contributed by atoms with van der Waals surface area (Å²) in [5, 5.41) is 6.43. The molecular formula is C58H66N6. The van der Waals surface area contributed by atoms with Crippen molar-refractivity contribution < 1.29 is 0 Å². The summed E-state index contributed by atoms with van der Waals surface area (Å²) < 4.78 is 4.71. The van der Waals surface area contributed by atoms with Gasteiger partial charge in [0.2, 0.25) is 0 Å². The van der Waals surface area contributed by atoms with Crippen LogP contribution in [0.2, 0.25) is 0 Å². The van der Waals surface area contributed by atoms with Crippen molar-refractivity contribution in [2.45, 2.75) is 119 Å². The maximum absolute atomic E-state index is 7.41. The molecule has 6 heteroatoms. The highest BCUT2D eigenvalue weighted by Gasteiger charge is 2.25. The van der Waals surface area contributed by atoms with E-state index in [9.17, 15) is 0 Å². The second-order valence-corrected chi connectivity index (χ2v) is 19.3. The number of rotatable bonds is 13. The fraction of sp³-hybridized carbons (Fsp3) is 0.310. The summed E-state index contributed by atoms with van der Waals surface area (Å²) in [6, 6.07) is 42.0. The highest BCUT2D eigenvalue weighted by Crippen LogP contribution is 2.44. The fourth-order valence-corrected chi connectivity index (χ4v) is 9.58. The van der Waals surface area contributed by atoms with Crippen LogP contribution >= 0.6 is 0 Å². The molecule has 0 spiro atoms. The summed E-state index contributed by atoms with van der Waals surface area (Å²) >= 11 is 0. The Hall–Kier alpha value is -6.40. The predicted molar refractivity (Wildman–Crippen MR) is 274 cm³/mol. The van der Waals surface area contributed by atoms with Crippen molar-refractivity contribution in [3.05, 3.63) is 167 Å². The van der Waals surface area contributed by atoms with Crippen molar-refractivity contribution in [3.8, 4) is 22.8 Å². The van der Waals surface area contributed by atoms with Gasteiger partial charge in [-0.1, -0.05) is 174 Å². The van der Waals surface area contributed by atoms with E-state index in [-0.39, 0.29) is 23.7 Å². The van der Waals surface area contributed by atoms with E-state index < -0.39 is 0 Å². The molecule has 64 heavy (non-hydrogen) atoms. The van der Waals surface area contributed by atoms with E-state index in [0.29, 0.717) is 17.7 Å². The number of imidazole rings is 1. The normalized spacial score (nSPS) is 12.4. The standard InChI is InChI=1S/C58H66N6/c1-34(2)42-22-16-23-43(35(3)4)52(42)61-54-50(57(59)62-53-44(36(5)6)24-17-25-45(53)37(7)8)30-29-49-48-21-13-14-28-51(48)64(56(49)54)41-20-15-19-40(33-41)58-60-31-32-63(58)55-46(38(9)10)26-18-27-47(55)39(11)12/h13-39,61H,1-12H3,(H2,59,62). The average molecular weight is 847 g/mol. The highest BCUT2D eigenvalue weighted by atomic mass is 15.1. The number of hydrogen-bond donors (Lipinski definition) is 2. The minimum atomic E-state index is 0.276. The van der Waals surface area contributed by atoms with Gasteiger partial charge < -0.3 is 15.6 Å². The molecule has 0 aliphatic rings. The van der Waals surface area contributed by atoms with Gasteiger partial charge in [0.25, 0.3) is 0 Å². The summed E-state index contributed by atoms with van der Waals surface area (Å²) in [6.07, 6.45) is 4.05. The highest BCUT2D eigenvalue weighted by molar-refractivity contribution is 6.19. The summed E-state index contributed by atoms with van der Waals surface area (Å²) in [5.74, 6) is 3.19. The maximum Gasteiger partial charge on any atom is 0.144 e. The molecule has 6 nitrogen and oxygen atoms in total. The first-order valence-electron chi connectivity index (χ1n) is 23.4. The van der Waals surface area contributed by atoms with Gasteiger partial charge in [0.15, 0.2) is 0 Å². The summed E-state index contributed by atoms with van der Waals surface area (Å²) in [7, 11) is 0. The number of aliphatic imine (C=N–C) groups is 1. The summed E-state index contributed by atoms with van der Waals surface area (Å²) in [4.78, 5) is 10.5. The topological polar surface area (TPSA) is 73.2 Å². The number of amidine groups is 1. The van der Waals surface area contributed by atoms with E-state index in [2.05, 4.69) is 219 Å². The van der Waals surface area contributed by atoms with Crippen molar-refractivity contribution in [1.82, 2.24) is 14.1 Å². The Morgan fingerprint density at radius 2 is 1.08 bits per heavy atom. The van der Waals surface area contributed by atoms with E-state index in [1.54, 1.807) is 0 Å². The van der Waals surface area contributed by atoms with Crippen LogP contribution in [0.3, 0.4) is 0 Å². The molecule has 328 valence electrons. The van der Waals surface area contributed by atoms with Gasteiger partial charge in [-0.25, -0.2) is 9.98 Å². The number of nitrogens with one attached hydrogen (secondary N) is 1. The van der Waals surface area contributed by atoms with Crippen LogP contribution < -0.4 is 11.1 Å². The molecule has 8 aromatic rings. The minimum absolute atomic E-state index is 0.276. The Labute approximate surface area is 381 Å². The maximum atomic E-state index is 7.41. The zero-order valence-corrected chi connectivity index (χ0v) is 40.0. The number of nitrogens with zero attached hydrogens (tertiary/aromatic N) is 4. The molecule has 2 heterocycles. The zero-order valence-electron chi connectivity index (χ0n) is 40.0. The number of para-hydroxylation sites is 4. The zero-order chi connectivity index (χ0) is 45.6. The quantitative estimate of drug-likeness (QED) is 0.0897. The molecule has 0 radical (unpaired) electrons. The van der Waals surface area contributed by atoms with E-state index >= 15 is 0 Å². The molecule has 0 aliphatic carbocycles. The number of anilines is 2. The predicted octanol–water partition coefficient (Wildman–Crippen LogP) is 16.2. The molecule has 6 aromatic carbocycles. The molecule has 0 saturated carbocycles. The van der Waals surface area contributed by atoms with Gasteiger partial charge in [-0.05, 0) is 93.2 Å². The Balaban J connectivity index is 1.44. The van der Waals surface area contributed by atoms with E-state index in [1.807, 2.05) is 6.20 Å². The average Bonchev–Trinajstić information content (AvgIpc) is 3.89. The van der Waals surface area contributed by atoms with E-state index in [0.717, 1.165) is 61.5 Å². The van der Waals surface area contributed by atoms with Gasteiger partial charge in [-0.2, -0.15) is 0 Å². The van der Waals surface area contributed by atoms with Crippen molar-refractivity contribution in [1.29, 1.82) is 0 Å². The number of benzene rings is 6. The van der Waals surface area contributed by atoms with Gasteiger partial charge >= 0.3 is 0 Å². The van der Waals surface area contributed by atoms with Gasteiger partial charge in [0.05, 0.1) is 28.1 Å². The Morgan fingerprint density at radius 3 is 1.66 bits per heavy atom. The first-order chi connectivity index (χ1) is 30.7. The van der Waals surface area contributed by atoms with Crippen molar-refractivity contribution >= 4 is 44.7 Å². The lowest BCUT2D eigenvalue weighted by atomic mass is 9.92. The lowest BCUT2D eigenvalue weighted by Gasteiger charge is -2.24. The van der Waals surface area contributed by atoms with Crippen LogP contribution in [0.4, 0.5) is 17.1 Å². The molecule has 3 N–H and O–H groups in total. The van der Waals surface area contributed by atoms with Gasteiger partial charge in [-0.3, -0.25) is 4.57 Å². The van der Waals surface area contributed by atoms with Crippen molar-refractivity contribution in [3.63, 3.8) is 0 Å². The molecule has 0 atom stereocenters. The number of aromatic nitrogens is 3. The number of fused-ring (bicyclic) bond motifs is 3. The van der Waals surface area contributed by atoms with Gasteiger partial charge in [0.1, 0.15) is 11.7 Å². The smallest absolute Gasteiger partial charge is 0.144 e. The first kappa shape index (κ1) is 44.2. The lowest BCUT2D eigenvalue weighted by Crippen LogP contribution is -2.17. The monoisotopic (exact) mass is 847 g/mol. The lowest BCUT2D eigenvalue weighted by molar-refractivity contribution is 0.806. The Kier molecular flexibility index (Phi) is 12.4. The third kappa shape index (κ3) is 8.04. The van der Waals surface area contributed by atoms with Gasteiger partial charge in [-0.15, -0.1) is 0 Å². The SMILES string of the molecule is CC(C)c1cccc(C(C)C)c1N=C(N)c1ccc2c3ccccc3n(-c3cccc(-c4nccn4-c4c(C(C)C)cccc4C(C)C)c3)c2c1Nc1c(C(C)C)cccc1C(C)C. The third-order valence-corrected chi connectivity index (χ3v) is 12.9. The van der Waals surface area contributed by atoms with Crippen LogP contribution in [-0.4, -0.2) is 20.0 Å². The minimum Gasteiger partial charge on any atom is -0.383 e. The largest absolute Gasteiger partial charge is 0.383 e. The van der Waals surface area contributed by atoms with Gasteiger partial charge in [0, 0.05) is 45.7 Å². The van der Waals surface area contributed by atoms with E-state index in [4.69, 9.17) is 15.7 Å². The molecule has 0 unspecified atom stereocenters. The molecule has 0 amide bonds. The second-order valence-electron chi connectivity index (χ2n) is 19.3. The summed E-state index contributed by atoms with van der Waals surface area (Å²) in [5.41, 5.74) is 24.2. The molecule has 0 bridgehead atoms. The fourth-order valence-electron chi connectivity index (χ4n) is 9.58. The molecule has 2 aromatic heterocycles. The molecule has 0 aliphatic heterocycles. The second kappa shape index (κ2) is 18.0. The molecule has 0 fully saturated rings.